The number of anilines is 1. The van der Waals surface area contributed by atoms with Crippen molar-refractivity contribution in [2.45, 2.75) is 52.6 Å². The third-order valence-electron chi connectivity index (χ3n) is 6.81. The number of halogens is 1. The van der Waals surface area contributed by atoms with Crippen LogP contribution in [-0.4, -0.2) is 57.1 Å². The van der Waals surface area contributed by atoms with Gasteiger partial charge in [-0.1, -0.05) is 56.3 Å². The Balaban J connectivity index is 1.85. The van der Waals surface area contributed by atoms with E-state index in [-0.39, 0.29) is 43.7 Å². The van der Waals surface area contributed by atoms with Crippen LogP contribution in [0.1, 0.15) is 44.7 Å². The first kappa shape index (κ1) is 33.6. The maximum absolute atomic E-state index is 13.9. The van der Waals surface area contributed by atoms with Crippen molar-refractivity contribution >= 4 is 27.5 Å². The molecule has 43 heavy (non-hydrogen) atoms. The van der Waals surface area contributed by atoms with E-state index in [1.165, 1.54) is 21.3 Å². The SMILES string of the molecule is CCOc1ccc(N(CCCC(=O)N(Cc2ccc(F)cc2)[C@H](Cc2ccccc2)C(=O)NCC(C)C)S(C)(=O)=O)cc1. The Kier molecular flexibility index (Phi) is 12.5. The van der Waals surface area contributed by atoms with Crippen LogP contribution in [0.2, 0.25) is 0 Å². The predicted molar refractivity (Wildman–Crippen MR) is 168 cm³/mol. The molecule has 232 valence electrons. The lowest BCUT2D eigenvalue weighted by atomic mass is 10.0. The van der Waals surface area contributed by atoms with Crippen molar-refractivity contribution in [2.24, 2.45) is 5.92 Å². The zero-order valence-electron chi connectivity index (χ0n) is 25.3. The molecule has 0 radical (unpaired) electrons. The van der Waals surface area contributed by atoms with Gasteiger partial charge in [-0.2, -0.15) is 0 Å². The van der Waals surface area contributed by atoms with E-state index in [2.05, 4.69) is 5.32 Å². The molecule has 0 aliphatic carbocycles. The van der Waals surface area contributed by atoms with Crippen molar-refractivity contribution in [1.82, 2.24) is 10.2 Å². The standard InChI is InChI=1S/C33H42FN3O5S/c1-5-42-30-19-17-29(18-20-30)37(43(4,40)41)21-9-12-32(38)36(24-27-13-15-28(34)16-14-27)31(33(39)35-23-25(2)3)22-26-10-7-6-8-11-26/h6-8,10-11,13-20,25,31H,5,9,12,21-24H2,1-4H3,(H,35,39)/t31-/m1/s1. The molecule has 0 aliphatic heterocycles. The first-order chi connectivity index (χ1) is 20.5. The molecule has 3 aromatic rings. The lowest BCUT2D eigenvalue weighted by Gasteiger charge is -2.32. The summed E-state index contributed by atoms with van der Waals surface area (Å²) in [5, 5.41) is 2.97. The van der Waals surface area contributed by atoms with Gasteiger partial charge in [-0.3, -0.25) is 13.9 Å². The van der Waals surface area contributed by atoms with Crippen LogP contribution in [0.15, 0.2) is 78.9 Å². The minimum absolute atomic E-state index is 0.00694. The van der Waals surface area contributed by atoms with Crippen LogP contribution in [0.5, 0.6) is 5.75 Å². The smallest absolute Gasteiger partial charge is 0.243 e. The fourth-order valence-electron chi connectivity index (χ4n) is 4.64. The highest BCUT2D eigenvalue weighted by Gasteiger charge is 2.30. The molecule has 0 bridgehead atoms. The third kappa shape index (κ3) is 10.7. The predicted octanol–water partition coefficient (Wildman–Crippen LogP) is 5.18. The quantitative estimate of drug-likeness (QED) is 0.241. The minimum atomic E-state index is -3.63. The molecule has 1 N–H and O–H groups in total. The lowest BCUT2D eigenvalue weighted by molar-refractivity contribution is -0.141. The van der Waals surface area contributed by atoms with Gasteiger partial charge >= 0.3 is 0 Å². The summed E-state index contributed by atoms with van der Waals surface area (Å²) in [4.78, 5) is 28.9. The first-order valence-corrected chi connectivity index (χ1v) is 16.4. The Morgan fingerprint density at radius 1 is 0.930 bits per heavy atom. The van der Waals surface area contributed by atoms with Gasteiger partial charge in [0.25, 0.3) is 0 Å². The van der Waals surface area contributed by atoms with E-state index in [4.69, 9.17) is 4.74 Å². The second-order valence-corrected chi connectivity index (χ2v) is 12.8. The van der Waals surface area contributed by atoms with Crippen LogP contribution >= 0.6 is 0 Å². The van der Waals surface area contributed by atoms with Gasteiger partial charge in [0, 0.05) is 32.5 Å². The summed E-state index contributed by atoms with van der Waals surface area (Å²) < 4.78 is 45.7. The van der Waals surface area contributed by atoms with Gasteiger partial charge in [0.05, 0.1) is 18.6 Å². The molecule has 3 rings (SSSR count). The zero-order chi connectivity index (χ0) is 31.4. The van der Waals surface area contributed by atoms with E-state index in [1.807, 2.05) is 51.1 Å². The summed E-state index contributed by atoms with van der Waals surface area (Å²) in [7, 11) is -3.63. The number of hydrogen-bond donors (Lipinski definition) is 1. The monoisotopic (exact) mass is 611 g/mol. The molecule has 0 aliphatic rings. The molecular formula is C33H42FN3O5S. The Bertz CT molecular complexity index is 1420. The summed E-state index contributed by atoms with van der Waals surface area (Å²) in [5.41, 5.74) is 2.04. The van der Waals surface area contributed by atoms with E-state index in [0.29, 0.717) is 36.6 Å². The van der Waals surface area contributed by atoms with Crippen LogP contribution in [0.3, 0.4) is 0 Å². The highest BCUT2D eigenvalue weighted by molar-refractivity contribution is 7.92. The topological polar surface area (TPSA) is 96.0 Å². The summed E-state index contributed by atoms with van der Waals surface area (Å²) >= 11 is 0. The van der Waals surface area contributed by atoms with Gasteiger partial charge in [-0.05, 0) is 66.8 Å². The maximum Gasteiger partial charge on any atom is 0.243 e. The van der Waals surface area contributed by atoms with Crippen molar-refractivity contribution in [2.75, 3.05) is 30.3 Å². The van der Waals surface area contributed by atoms with Crippen molar-refractivity contribution in [1.29, 1.82) is 0 Å². The maximum atomic E-state index is 13.9. The number of ether oxygens (including phenoxy) is 1. The molecular weight excluding hydrogens is 569 g/mol. The normalized spacial score (nSPS) is 12.0. The molecule has 0 saturated carbocycles. The number of amides is 2. The zero-order valence-corrected chi connectivity index (χ0v) is 26.1. The molecule has 1 atom stereocenters. The summed E-state index contributed by atoms with van der Waals surface area (Å²) in [6.07, 6.45) is 1.65. The van der Waals surface area contributed by atoms with Gasteiger partial charge in [-0.15, -0.1) is 0 Å². The Morgan fingerprint density at radius 3 is 2.16 bits per heavy atom. The fraction of sp³-hybridized carbons (Fsp3) is 0.394. The van der Waals surface area contributed by atoms with Crippen molar-refractivity contribution in [3.63, 3.8) is 0 Å². The Labute approximate surface area is 254 Å². The Morgan fingerprint density at radius 2 is 1.58 bits per heavy atom. The van der Waals surface area contributed by atoms with Crippen LogP contribution in [-0.2, 0) is 32.6 Å². The van der Waals surface area contributed by atoms with E-state index >= 15 is 0 Å². The van der Waals surface area contributed by atoms with E-state index < -0.39 is 21.9 Å². The number of benzene rings is 3. The van der Waals surface area contributed by atoms with E-state index in [9.17, 15) is 22.4 Å². The number of carbonyl (C=O) groups excluding carboxylic acids is 2. The molecule has 0 spiro atoms. The molecule has 10 heteroatoms. The molecule has 0 fully saturated rings. The second kappa shape index (κ2) is 16.1. The van der Waals surface area contributed by atoms with Crippen LogP contribution in [0.4, 0.5) is 10.1 Å². The molecule has 0 heterocycles. The number of rotatable bonds is 16. The Hall–Kier alpha value is -3.92. The average Bonchev–Trinajstić information content (AvgIpc) is 2.97. The highest BCUT2D eigenvalue weighted by atomic mass is 32.2. The highest BCUT2D eigenvalue weighted by Crippen LogP contribution is 2.23. The van der Waals surface area contributed by atoms with Gasteiger partial charge in [0.2, 0.25) is 21.8 Å². The van der Waals surface area contributed by atoms with Gasteiger partial charge in [0.1, 0.15) is 17.6 Å². The van der Waals surface area contributed by atoms with Crippen LogP contribution in [0.25, 0.3) is 0 Å². The van der Waals surface area contributed by atoms with E-state index in [1.54, 1.807) is 36.4 Å². The summed E-state index contributed by atoms with van der Waals surface area (Å²) in [6, 6.07) is 21.2. The first-order valence-electron chi connectivity index (χ1n) is 14.5. The minimum Gasteiger partial charge on any atom is -0.494 e. The number of hydrogen-bond acceptors (Lipinski definition) is 5. The largest absolute Gasteiger partial charge is 0.494 e. The molecule has 0 aromatic heterocycles. The molecule has 8 nitrogen and oxygen atoms in total. The number of nitrogens with one attached hydrogen (secondary N) is 1. The van der Waals surface area contributed by atoms with Gasteiger partial charge in [-0.25, -0.2) is 12.8 Å². The molecule has 2 amide bonds. The van der Waals surface area contributed by atoms with Crippen LogP contribution < -0.4 is 14.4 Å². The van der Waals surface area contributed by atoms with Crippen molar-refractivity contribution in [3.8, 4) is 5.75 Å². The van der Waals surface area contributed by atoms with Gasteiger partial charge < -0.3 is 15.0 Å². The second-order valence-electron chi connectivity index (χ2n) is 10.9. The average molecular weight is 612 g/mol. The number of nitrogens with zero attached hydrogens (tertiary/aromatic N) is 2. The molecule has 3 aromatic carbocycles. The van der Waals surface area contributed by atoms with Crippen molar-refractivity contribution < 1.29 is 27.1 Å². The third-order valence-corrected chi connectivity index (χ3v) is 8.00. The van der Waals surface area contributed by atoms with Crippen LogP contribution in [0, 0.1) is 11.7 Å². The number of sulfonamides is 1. The summed E-state index contributed by atoms with van der Waals surface area (Å²) in [6.45, 7) is 6.97. The van der Waals surface area contributed by atoms with E-state index in [0.717, 1.165) is 11.8 Å². The molecule has 0 unspecified atom stereocenters. The summed E-state index contributed by atoms with van der Waals surface area (Å²) in [5.74, 6) is -0.128. The fourth-order valence-corrected chi connectivity index (χ4v) is 5.61. The number of carbonyl (C=O) groups is 2. The van der Waals surface area contributed by atoms with Gasteiger partial charge in [0.15, 0.2) is 0 Å². The van der Waals surface area contributed by atoms with Crippen molar-refractivity contribution in [3.05, 3.63) is 95.8 Å². The lowest BCUT2D eigenvalue weighted by Crippen LogP contribution is -2.51. The molecule has 0 saturated heterocycles.